The molecule has 8 nitrogen and oxygen atoms in total. The molecule has 0 saturated carbocycles. The number of rotatable bonds is 3. The van der Waals surface area contributed by atoms with Crippen molar-refractivity contribution in [3.05, 3.63) is 41.0 Å². The smallest absolute Gasteiger partial charge is 0.233 e. The van der Waals surface area contributed by atoms with E-state index in [4.69, 9.17) is 0 Å². The first-order chi connectivity index (χ1) is 11.3. The molecule has 0 radical (unpaired) electrons. The van der Waals surface area contributed by atoms with Crippen LogP contribution >= 0.6 is 0 Å². The molecule has 0 bridgehead atoms. The SMILES string of the molecule is CC(=O)Nc1nc(-n2nc(C)cc2C)cc(-n2nc(C)cc2C)n1. The van der Waals surface area contributed by atoms with E-state index in [0.29, 0.717) is 11.6 Å². The van der Waals surface area contributed by atoms with Gasteiger partial charge in [-0.15, -0.1) is 0 Å². The van der Waals surface area contributed by atoms with Crippen molar-refractivity contribution < 1.29 is 4.79 Å². The first kappa shape index (κ1) is 15.9. The Hall–Kier alpha value is -3.03. The van der Waals surface area contributed by atoms with Gasteiger partial charge in [0.1, 0.15) is 0 Å². The van der Waals surface area contributed by atoms with E-state index >= 15 is 0 Å². The van der Waals surface area contributed by atoms with E-state index in [1.54, 1.807) is 15.4 Å². The summed E-state index contributed by atoms with van der Waals surface area (Å²) in [5.41, 5.74) is 3.67. The molecule has 124 valence electrons. The predicted molar refractivity (Wildman–Crippen MR) is 89.5 cm³/mol. The van der Waals surface area contributed by atoms with Crippen molar-refractivity contribution in [2.45, 2.75) is 34.6 Å². The molecule has 0 aliphatic heterocycles. The van der Waals surface area contributed by atoms with Gasteiger partial charge in [0.15, 0.2) is 11.6 Å². The highest BCUT2D eigenvalue weighted by Gasteiger charge is 2.13. The number of hydrogen-bond acceptors (Lipinski definition) is 5. The van der Waals surface area contributed by atoms with Crippen LogP contribution in [0.2, 0.25) is 0 Å². The molecule has 0 atom stereocenters. The standard InChI is InChI=1S/C16H19N7O/c1-9-6-11(3)22(20-9)14-8-15(19-16(18-14)17-13(5)24)23-12(4)7-10(2)21-23/h6-8H,1-5H3,(H,17,18,19,24). The third kappa shape index (κ3) is 3.03. The van der Waals surface area contributed by atoms with E-state index in [2.05, 4.69) is 25.5 Å². The van der Waals surface area contributed by atoms with Gasteiger partial charge in [-0.25, -0.2) is 9.36 Å². The first-order valence-electron chi connectivity index (χ1n) is 7.57. The molecule has 0 saturated heterocycles. The van der Waals surface area contributed by atoms with Gasteiger partial charge in [0.25, 0.3) is 0 Å². The maximum atomic E-state index is 11.4. The molecule has 24 heavy (non-hydrogen) atoms. The molecule has 0 aromatic carbocycles. The second-order valence-electron chi connectivity index (χ2n) is 5.77. The van der Waals surface area contributed by atoms with Gasteiger partial charge in [0.05, 0.1) is 11.4 Å². The summed E-state index contributed by atoms with van der Waals surface area (Å²) in [5, 5.41) is 11.5. The highest BCUT2D eigenvalue weighted by Crippen LogP contribution is 2.17. The number of aryl methyl sites for hydroxylation is 4. The number of nitrogens with zero attached hydrogens (tertiary/aromatic N) is 6. The number of carbonyl (C=O) groups is 1. The van der Waals surface area contributed by atoms with E-state index in [9.17, 15) is 4.79 Å². The largest absolute Gasteiger partial charge is 0.295 e. The van der Waals surface area contributed by atoms with Crippen LogP contribution in [0.5, 0.6) is 0 Å². The summed E-state index contributed by atoms with van der Waals surface area (Å²) in [6.07, 6.45) is 0. The molecule has 0 aliphatic carbocycles. The third-order valence-corrected chi connectivity index (χ3v) is 3.44. The quantitative estimate of drug-likeness (QED) is 0.796. The van der Waals surface area contributed by atoms with Crippen LogP contribution < -0.4 is 5.32 Å². The number of nitrogens with one attached hydrogen (secondary N) is 1. The Morgan fingerprint density at radius 2 is 1.33 bits per heavy atom. The van der Waals surface area contributed by atoms with Gasteiger partial charge in [-0.1, -0.05) is 0 Å². The van der Waals surface area contributed by atoms with Crippen LogP contribution in [0.25, 0.3) is 11.6 Å². The first-order valence-corrected chi connectivity index (χ1v) is 7.57. The van der Waals surface area contributed by atoms with E-state index in [1.807, 2.05) is 39.8 Å². The number of carbonyl (C=O) groups excluding carboxylic acids is 1. The van der Waals surface area contributed by atoms with Crippen molar-refractivity contribution in [3.8, 4) is 11.6 Å². The van der Waals surface area contributed by atoms with Gasteiger partial charge in [-0.2, -0.15) is 20.2 Å². The Balaban J connectivity index is 2.19. The normalized spacial score (nSPS) is 10.9. The van der Waals surface area contributed by atoms with Crippen LogP contribution in [0.15, 0.2) is 18.2 Å². The van der Waals surface area contributed by atoms with Gasteiger partial charge in [-0.05, 0) is 39.8 Å². The minimum Gasteiger partial charge on any atom is -0.295 e. The molecule has 3 heterocycles. The van der Waals surface area contributed by atoms with E-state index in [1.165, 1.54) is 6.92 Å². The molecule has 0 fully saturated rings. The summed E-state index contributed by atoms with van der Waals surface area (Å²) in [6, 6.07) is 5.72. The van der Waals surface area contributed by atoms with E-state index in [0.717, 1.165) is 22.8 Å². The topological polar surface area (TPSA) is 90.5 Å². The molecular formula is C16H19N7O. The predicted octanol–water partition coefficient (Wildman–Crippen LogP) is 2.04. The zero-order valence-corrected chi connectivity index (χ0v) is 14.3. The fourth-order valence-corrected chi connectivity index (χ4v) is 2.57. The lowest BCUT2D eigenvalue weighted by atomic mass is 10.4. The molecule has 1 N–H and O–H groups in total. The number of hydrogen-bond donors (Lipinski definition) is 1. The Bertz CT molecular complexity index is 858. The summed E-state index contributed by atoms with van der Waals surface area (Å²) >= 11 is 0. The minimum atomic E-state index is -0.236. The van der Waals surface area contributed by atoms with Crippen molar-refractivity contribution in [2.75, 3.05) is 5.32 Å². The van der Waals surface area contributed by atoms with Crippen LogP contribution in [0, 0.1) is 27.7 Å². The molecule has 3 aromatic heterocycles. The zero-order valence-electron chi connectivity index (χ0n) is 14.3. The van der Waals surface area contributed by atoms with Crippen LogP contribution in [0.3, 0.4) is 0 Å². The maximum absolute atomic E-state index is 11.4. The third-order valence-electron chi connectivity index (χ3n) is 3.44. The van der Waals surface area contributed by atoms with Gasteiger partial charge in [-0.3, -0.25) is 10.1 Å². The molecule has 0 unspecified atom stereocenters. The summed E-state index contributed by atoms with van der Waals surface area (Å²) in [6.45, 7) is 9.15. The summed E-state index contributed by atoms with van der Waals surface area (Å²) in [4.78, 5) is 20.2. The fourth-order valence-electron chi connectivity index (χ4n) is 2.57. The Kier molecular flexibility index (Phi) is 3.88. The van der Waals surface area contributed by atoms with Crippen LogP contribution in [-0.4, -0.2) is 35.4 Å². The molecule has 3 rings (SSSR count). The highest BCUT2D eigenvalue weighted by atomic mass is 16.1. The van der Waals surface area contributed by atoms with Crippen LogP contribution in [-0.2, 0) is 4.79 Å². The second kappa shape index (κ2) is 5.88. The average molecular weight is 325 g/mol. The lowest BCUT2D eigenvalue weighted by Crippen LogP contribution is -2.14. The van der Waals surface area contributed by atoms with Crippen LogP contribution in [0.4, 0.5) is 5.95 Å². The number of amides is 1. The molecular weight excluding hydrogens is 306 g/mol. The summed E-state index contributed by atoms with van der Waals surface area (Å²) < 4.78 is 3.44. The Labute approximate surface area is 139 Å². The molecule has 1 amide bonds. The highest BCUT2D eigenvalue weighted by molar-refractivity contribution is 5.86. The summed E-state index contributed by atoms with van der Waals surface area (Å²) in [5.74, 6) is 1.12. The second-order valence-corrected chi connectivity index (χ2v) is 5.77. The van der Waals surface area contributed by atoms with Gasteiger partial charge in [0.2, 0.25) is 11.9 Å². The minimum absolute atomic E-state index is 0.218. The fraction of sp³-hybridized carbons (Fsp3) is 0.312. The van der Waals surface area contributed by atoms with Crippen molar-refractivity contribution in [2.24, 2.45) is 0 Å². The molecule has 8 heteroatoms. The number of aromatic nitrogens is 6. The number of anilines is 1. The Morgan fingerprint density at radius 3 is 1.67 bits per heavy atom. The molecule has 0 aliphatic rings. The van der Waals surface area contributed by atoms with Crippen molar-refractivity contribution in [1.82, 2.24) is 29.5 Å². The summed E-state index contributed by atoms with van der Waals surface area (Å²) in [7, 11) is 0. The van der Waals surface area contributed by atoms with Crippen molar-refractivity contribution in [1.29, 1.82) is 0 Å². The average Bonchev–Trinajstić information content (AvgIpc) is 2.99. The van der Waals surface area contributed by atoms with Gasteiger partial charge < -0.3 is 0 Å². The zero-order chi connectivity index (χ0) is 17.4. The van der Waals surface area contributed by atoms with E-state index in [-0.39, 0.29) is 11.9 Å². The molecule has 0 spiro atoms. The molecule has 3 aromatic rings. The monoisotopic (exact) mass is 325 g/mol. The van der Waals surface area contributed by atoms with Crippen LogP contribution in [0.1, 0.15) is 29.7 Å². The lowest BCUT2D eigenvalue weighted by Gasteiger charge is -2.10. The van der Waals surface area contributed by atoms with Crippen molar-refractivity contribution >= 4 is 11.9 Å². The van der Waals surface area contributed by atoms with Gasteiger partial charge >= 0.3 is 0 Å². The van der Waals surface area contributed by atoms with Gasteiger partial charge in [0, 0.05) is 24.4 Å². The lowest BCUT2D eigenvalue weighted by molar-refractivity contribution is -0.114. The van der Waals surface area contributed by atoms with E-state index < -0.39 is 0 Å². The van der Waals surface area contributed by atoms with Crippen molar-refractivity contribution in [3.63, 3.8) is 0 Å². The maximum Gasteiger partial charge on any atom is 0.233 e. The Morgan fingerprint density at radius 1 is 0.875 bits per heavy atom.